The fourth-order valence-corrected chi connectivity index (χ4v) is 3.99. The molecule has 0 bridgehead atoms. The maximum atomic E-state index is 14.4. The predicted octanol–water partition coefficient (Wildman–Crippen LogP) is 2.13. The fourth-order valence-electron chi connectivity index (χ4n) is 3.72. The van der Waals surface area contributed by atoms with Crippen molar-refractivity contribution in [1.82, 2.24) is 15.1 Å². The van der Waals surface area contributed by atoms with Gasteiger partial charge >= 0.3 is 0 Å². The van der Waals surface area contributed by atoms with Gasteiger partial charge in [-0.2, -0.15) is 0 Å². The van der Waals surface area contributed by atoms with E-state index in [1.165, 1.54) is 23.1 Å². The Morgan fingerprint density at radius 2 is 2.00 bits per heavy atom. The third kappa shape index (κ3) is 3.65. The molecule has 1 aromatic carbocycles. The van der Waals surface area contributed by atoms with Gasteiger partial charge in [-0.1, -0.05) is 17.7 Å². The van der Waals surface area contributed by atoms with Crippen molar-refractivity contribution in [2.24, 2.45) is 5.92 Å². The lowest BCUT2D eigenvalue weighted by Crippen LogP contribution is -2.54. The quantitative estimate of drug-likeness (QED) is 0.834. The number of benzene rings is 1. The smallest absolute Gasteiger partial charge is 0.247 e. The molecule has 1 N–H and O–H groups in total. The van der Waals surface area contributed by atoms with Gasteiger partial charge in [-0.3, -0.25) is 14.4 Å². The van der Waals surface area contributed by atoms with E-state index in [1.54, 1.807) is 4.90 Å². The highest BCUT2D eigenvalue weighted by Crippen LogP contribution is 2.34. The molecular weight excluding hydrogens is 373 g/mol. The van der Waals surface area contributed by atoms with Crippen LogP contribution in [0.4, 0.5) is 4.39 Å². The van der Waals surface area contributed by atoms with Gasteiger partial charge in [0.05, 0.1) is 5.92 Å². The average Bonchev–Trinajstić information content (AvgIpc) is 2.97. The minimum atomic E-state index is -1.14. The number of piperazine rings is 1. The summed E-state index contributed by atoms with van der Waals surface area (Å²) < 4.78 is 14.4. The first-order chi connectivity index (χ1) is 12.6. The van der Waals surface area contributed by atoms with Gasteiger partial charge in [-0.25, -0.2) is 4.39 Å². The number of likely N-dealkylation sites (tertiary alicyclic amines) is 1. The van der Waals surface area contributed by atoms with Crippen LogP contribution in [0, 0.1) is 11.7 Å². The molecule has 1 aromatic rings. The van der Waals surface area contributed by atoms with Gasteiger partial charge in [0, 0.05) is 42.2 Å². The van der Waals surface area contributed by atoms with Crippen LogP contribution >= 0.6 is 11.6 Å². The zero-order chi connectivity index (χ0) is 19.9. The molecule has 2 saturated heterocycles. The third-order valence-electron chi connectivity index (χ3n) is 5.05. The van der Waals surface area contributed by atoms with Crippen molar-refractivity contribution in [3.63, 3.8) is 0 Å². The number of halogens is 2. The summed E-state index contributed by atoms with van der Waals surface area (Å²) in [5.74, 6) is -2.09. The maximum Gasteiger partial charge on any atom is 0.247 e. The summed E-state index contributed by atoms with van der Waals surface area (Å²) in [4.78, 5) is 41.0. The number of carbonyl (C=O) groups is 3. The van der Waals surface area contributed by atoms with E-state index in [0.717, 1.165) is 0 Å². The van der Waals surface area contributed by atoms with E-state index in [-0.39, 0.29) is 54.0 Å². The van der Waals surface area contributed by atoms with Crippen LogP contribution in [0.15, 0.2) is 18.2 Å². The van der Waals surface area contributed by atoms with Crippen LogP contribution in [0.2, 0.25) is 5.02 Å². The van der Waals surface area contributed by atoms with Crippen molar-refractivity contribution in [3.8, 4) is 0 Å². The highest BCUT2D eigenvalue weighted by Gasteiger charge is 2.45. The molecule has 2 atom stereocenters. The van der Waals surface area contributed by atoms with Gasteiger partial charge in [0.15, 0.2) is 0 Å². The number of rotatable bonds is 2. The molecule has 8 heteroatoms. The van der Waals surface area contributed by atoms with Crippen molar-refractivity contribution in [2.75, 3.05) is 19.6 Å². The first-order valence-corrected chi connectivity index (χ1v) is 9.31. The zero-order valence-corrected chi connectivity index (χ0v) is 16.3. The van der Waals surface area contributed by atoms with Crippen molar-refractivity contribution in [2.45, 2.75) is 38.8 Å². The molecule has 2 fully saturated rings. The van der Waals surface area contributed by atoms with Gasteiger partial charge in [-0.15, -0.1) is 0 Å². The summed E-state index contributed by atoms with van der Waals surface area (Å²) in [6, 6.07) is 3.01. The molecule has 2 heterocycles. The lowest BCUT2D eigenvalue weighted by Gasteiger charge is -2.37. The minimum absolute atomic E-state index is 0.0123. The first-order valence-electron chi connectivity index (χ1n) is 8.94. The molecule has 3 rings (SSSR count). The summed E-state index contributed by atoms with van der Waals surface area (Å²) in [5.41, 5.74) is -0.402. The zero-order valence-electron chi connectivity index (χ0n) is 15.6. The van der Waals surface area contributed by atoms with Crippen LogP contribution in [0.5, 0.6) is 0 Å². The molecule has 3 amide bonds. The number of hydrogen-bond donors (Lipinski definition) is 1. The van der Waals surface area contributed by atoms with E-state index in [4.69, 9.17) is 11.6 Å². The first kappa shape index (κ1) is 19.6. The van der Waals surface area contributed by atoms with Crippen LogP contribution in [-0.4, -0.2) is 52.7 Å². The molecule has 6 nitrogen and oxygen atoms in total. The monoisotopic (exact) mass is 395 g/mol. The Morgan fingerprint density at radius 3 is 2.59 bits per heavy atom. The molecule has 0 saturated carbocycles. The van der Waals surface area contributed by atoms with E-state index in [9.17, 15) is 18.8 Å². The Bertz CT molecular complexity index is 773. The fraction of sp³-hybridized carbons (Fsp3) is 0.526. The Labute approximate surface area is 162 Å². The summed E-state index contributed by atoms with van der Waals surface area (Å²) >= 11 is 6.14. The van der Waals surface area contributed by atoms with Crippen LogP contribution < -0.4 is 5.32 Å². The van der Waals surface area contributed by atoms with Crippen molar-refractivity contribution < 1.29 is 18.8 Å². The molecular formula is C19H23ClFN3O3. The van der Waals surface area contributed by atoms with Crippen molar-refractivity contribution in [3.05, 3.63) is 34.6 Å². The summed E-state index contributed by atoms with van der Waals surface area (Å²) in [5, 5.41) is 2.76. The highest BCUT2D eigenvalue weighted by molar-refractivity contribution is 6.31. The van der Waals surface area contributed by atoms with E-state index in [0.29, 0.717) is 0 Å². The van der Waals surface area contributed by atoms with Crippen LogP contribution in [0.3, 0.4) is 0 Å². The van der Waals surface area contributed by atoms with E-state index in [1.807, 2.05) is 20.8 Å². The van der Waals surface area contributed by atoms with Crippen LogP contribution in [0.25, 0.3) is 0 Å². The number of hydrogen-bond acceptors (Lipinski definition) is 3. The van der Waals surface area contributed by atoms with Gasteiger partial charge in [-0.05, 0) is 32.9 Å². The Hall–Kier alpha value is -2.15. The molecule has 0 aliphatic carbocycles. The number of nitrogens with one attached hydrogen (secondary N) is 1. The number of carbonyl (C=O) groups excluding carboxylic acids is 3. The summed E-state index contributed by atoms with van der Waals surface area (Å²) in [6.07, 6.45) is 0.0892. The van der Waals surface area contributed by atoms with Gasteiger partial charge in [0.2, 0.25) is 17.7 Å². The molecule has 146 valence electrons. The molecule has 0 spiro atoms. The normalized spacial score (nSPS) is 23.6. The van der Waals surface area contributed by atoms with Gasteiger partial charge in [0.1, 0.15) is 11.9 Å². The molecule has 27 heavy (non-hydrogen) atoms. The second-order valence-electron chi connectivity index (χ2n) is 7.94. The van der Waals surface area contributed by atoms with Crippen molar-refractivity contribution in [1.29, 1.82) is 0 Å². The second kappa shape index (κ2) is 7.11. The predicted molar refractivity (Wildman–Crippen MR) is 98.4 cm³/mol. The lowest BCUT2D eigenvalue weighted by atomic mass is 9.98. The Morgan fingerprint density at radius 1 is 1.30 bits per heavy atom. The SMILES string of the molecule is CC(C)(C)N1CC(C(=O)N2CCNC(=O)C2c2c(F)cccc2Cl)CC1=O. The van der Waals surface area contributed by atoms with Crippen molar-refractivity contribution >= 4 is 29.3 Å². The number of amides is 3. The van der Waals surface area contributed by atoms with Crippen LogP contribution in [0.1, 0.15) is 38.8 Å². The second-order valence-corrected chi connectivity index (χ2v) is 8.34. The Kier molecular flexibility index (Phi) is 5.16. The van der Waals surface area contributed by atoms with E-state index < -0.39 is 23.7 Å². The largest absolute Gasteiger partial charge is 0.352 e. The summed E-state index contributed by atoms with van der Waals surface area (Å²) in [7, 11) is 0. The van der Waals surface area contributed by atoms with Gasteiger partial charge < -0.3 is 15.1 Å². The number of nitrogens with zero attached hydrogens (tertiary/aromatic N) is 2. The van der Waals surface area contributed by atoms with E-state index >= 15 is 0 Å². The molecule has 2 aliphatic heterocycles. The lowest BCUT2D eigenvalue weighted by molar-refractivity contribution is -0.146. The van der Waals surface area contributed by atoms with Gasteiger partial charge in [0.25, 0.3) is 0 Å². The highest BCUT2D eigenvalue weighted by atomic mass is 35.5. The maximum absolute atomic E-state index is 14.4. The molecule has 0 radical (unpaired) electrons. The summed E-state index contributed by atoms with van der Waals surface area (Å²) in [6.45, 7) is 6.53. The molecule has 2 unspecified atom stereocenters. The Balaban J connectivity index is 1.91. The standard InChI is InChI=1S/C19H23ClFN3O3/c1-19(2,3)24-10-11(9-14(24)25)18(27)23-8-7-22-17(26)16(23)15-12(20)5-4-6-13(15)21/h4-6,11,16H,7-10H2,1-3H3,(H,22,26). The molecule has 0 aromatic heterocycles. The molecule has 2 aliphatic rings. The average molecular weight is 396 g/mol. The minimum Gasteiger partial charge on any atom is -0.352 e. The van der Waals surface area contributed by atoms with Crippen LogP contribution in [-0.2, 0) is 14.4 Å². The topological polar surface area (TPSA) is 69.7 Å². The van der Waals surface area contributed by atoms with E-state index in [2.05, 4.69) is 5.32 Å². The third-order valence-corrected chi connectivity index (χ3v) is 5.38.